The summed E-state index contributed by atoms with van der Waals surface area (Å²) in [7, 11) is 1.92. The summed E-state index contributed by atoms with van der Waals surface area (Å²) in [6.45, 7) is 5.18. The number of nitrogens with one attached hydrogen (secondary N) is 1. The molecule has 0 aliphatic carbocycles. The predicted octanol–water partition coefficient (Wildman–Crippen LogP) is 2.78. The van der Waals surface area contributed by atoms with Gasteiger partial charge in [0.2, 0.25) is 0 Å². The third kappa shape index (κ3) is 2.84. The van der Waals surface area contributed by atoms with Crippen molar-refractivity contribution >= 4 is 21.7 Å². The summed E-state index contributed by atoms with van der Waals surface area (Å²) in [5.41, 5.74) is 1.72. The lowest BCUT2D eigenvalue weighted by Gasteiger charge is -2.27. The van der Waals surface area contributed by atoms with E-state index in [0.29, 0.717) is 12.2 Å². The van der Waals surface area contributed by atoms with Gasteiger partial charge in [-0.15, -0.1) is 0 Å². The van der Waals surface area contributed by atoms with Crippen LogP contribution in [0, 0.1) is 0 Å². The molecule has 20 heavy (non-hydrogen) atoms. The van der Waals surface area contributed by atoms with E-state index in [1.54, 1.807) is 0 Å². The monoisotopic (exact) mass is 341 g/mol. The molecule has 1 aromatic heterocycles. The molecule has 1 fully saturated rings. The number of ketones is 1. The summed E-state index contributed by atoms with van der Waals surface area (Å²) in [6.07, 6.45) is 5.36. The van der Waals surface area contributed by atoms with E-state index in [1.165, 1.54) is 0 Å². The first-order chi connectivity index (χ1) is 9.54. The Morgan fingerprint density at radius 3 is 2.75 bits per heavy atom. The average Bonchev–Trinajstić information content (AvgIpc) is 3.00. The van der Waals surface area contributed by atoms with Crippen LogP contribution in [0.2, 0.25) is 0 Å². The molecule has 0 radical (unpaired) electrons. The second-order valence-electron chi connectivity index (χ2n) is 5.65. The predicted molar refractivity (Wildman–Crippen MR) is 83.9 cm³/mol. The van der Waals surface area contributed by atoms with Crippen molar-refractivity contribution in [2.75, 3.05) is 6.54 Å². The SMILES string of the molecule is CCCC1(C(=O)Cc2c(Br)c(CC)nn2C)CCCN1. The highest BCUT2D eigenvalue weighted by molar-refractivity contribution is 9.10. The standard InChI is InChI=1S/C15H24BrN3O/c1-4-7-15(8-6-9-17-15)13(20)10-12-14(16)11(5-2)18-19(12)3/h17H,4-10H2,1-3H3. The summed E-state index contributed by atoms with van der Waals surface area (Å²) in [6, 6.07) is 0. The number of rotatable bonds is 6. The van der Waals surface area contributed by atoms with Crippen LogP contribution in [-0.2, 0) is 24.7 Å². The average molecular weight is 342 g/mol. The van der Waals surface area contributed by atoms with Crippen LogP contribution in [0.1, 0.15) is 50.9 Å². The molecule has 1 aromatic rings. The molecule has 2 heterocycles. The lowest BCUT2D eigenvalue weighted by molar-refractivity contribution is -0.124. The Hall–Kier alpha value is -0.680. The van der Waals surface area contributed by atoms with Crippen molar-refractivity contribution in [2.24, 2.45) is 7.05 Å². The fourth-order valence-electron chi connectivity index (χ4n) is 3.16. The summed E-state index contributed by atoms with van der Waals surface area (Å²) in [4.78, 5) is 12.8. The highest BCUT2D eigenvalue weighted by Crippen LogP contribution is 2.29. The normalized spacial score (nSPS) is 22.4. The maximum Gasteiger partial charge on any atom is 0.158 e. The second kappa shape index (κ2) is 6.39. The van der Waals surface area contributed by atoms with Crippen molar-refractivity contribution in [1.82, 2.24) is 15.1 Å². The van der Waals surface area contributed by atoms with Gasteiger partial charge in [-0.25, -0.2) is 0 Å². The number of hydrogen-bond donors (Lipinski definition) is 1. The maximum absolute atomic E-state index is 12.8. The van der Waals surface area contributed by atoms with Crippen molar-refractivity contribution < 1.29 is 4.79 Å². The number of halogens is 1. The molecule has 4 nitrogen and oxygen atoms in total. The van der Waals surface area contributed by atoms with E-state index in [1.807, 2.05) is 11.7 Å². The molecule has 1 saturated heterocycles. The molecule has 1 unspecified atom stereocenters. The summed E-state index contributed by atoms with van der Waals surface area (Å²) in [5.74, 6) is 0.309. The Balaban J connectivity index is 2.20. The minimum atomic E-state index is -0.301. The third-order valence-corrected chi connectivity index (χ3v) is 5.20. The minimum Gasteiger partial charge on any atom is -0.305 e. The molecule has 0 aromatic carbocycles. The molecule has 0 amide bonds. The molecule has 112 valence electrons. The second-order valence-corrected chi connectivity index (χ2v) is 6.44. The Bertz CT molecular complexity index is 490. The maximum atomic E-state index is 12.8. The number of carbonyl (C=O) groups is 1. The largest absolute Gasteiger partial charge is 0.305 e. The fourth-order valence-corrected chi connectivity index (χ4v) is 3.91. The Morgan fingerprint density at radius 1 is 1.50 bits per heavy atom. The van der Waals surface area contributed by atoms with E-state index in [0.717, 1.165) is 54.5 Å². The number of aromatic nitrogens is 2. The number of Topliss-reactive ketones (excluding diaryl/α,β-unsaturated/α-hetero) is 1. The summed E-state index contributed by atoms with van der Waals surface area (Å²) < 4.78 is 2.84. The van der Waals surface area contributed by atoms with E-state index in [-0.39, 0.29) is 5.54 Å². The van der Waals surface area contributed by atoms with Crippen LogP contribution in [-0.4, -0.2) is 27.6 Å². The lowest BCUT2D eigenvalue weighted by atomic mass is 9.85. The minimum absolute atomic E-state index is 0.301. The number of aryl methyl sites for hydroxylation is 2. The van der Waals surface area contributed by atoms with E-state index in [4.69, 9.17) is 0 Å². The zero-order valence-corrected chi connectivity index (χ0v) is 14.2. The van der Waals surface area contributed by atoms with Crippen LogP contribution in [0.3, 0.4) is 0 Å². The first kappa shape index (κ1) is 15.7. The van der Waals surface area contributed by atoms with Crippen LogP contribution in [0.4, 0.5) is 0 Å². The smallest absolute Gasteiger partial charge is 0.158 e. The number of hydrogen-bond acceptors (Lipinski definition) is 3. The molecular formula is C15H24BrN3O. The van der Waals surface area contributed by atoms with Gasteiger partial charge in [-0.2, -0.15) is 5.10 Å². The van der Waals surface area contributed by atoms with E-state index < -0.39 is 0 Å². The van der Waals surface area contributed by atoms with E-state index in [9.17, 15) is 4.79 Å². The zero-order chi connectivity index (χ0) is 14.8. The van der Waals surface area contributed by atoms with Gasteiger partial charge in [-0.3, -0.25) is 9.48 Å². The molecule has 0 bridgehead atoms. The van der Waals surface area contributed by atoms with Gasteiger partial charge in [-0.1, -0.05) is 20.3 Å². The molecule has 0 spiro atoms. The van der Waals surface area contributed by atoms with Gasteiger partial charge in [0.15, 0.2) is 5.78 Å². The highest BCUT2D eigenvalue weighted by Gasteiger charge is 2.39. The lowest BCUT2D eigenvalue weighted by Crippen LogP contribution is -2.48. The first-order valence-corrected chi connectivity index (χ1v) is 8.32. The van der Waals surface area contributed by atoms with Crippen molar-refractivity contribution in [3.8, 4) is 0 Å². The third-order valence-electron chi connectivity index (χ3n) is 4.29. The van der Waals surface area contributed by atoms with Gasteiger partial charge < -0.3 is 5.32 Å². The Kier molecular flexibility index (Phi) is 5.02. The summed E-state index contributed by atoms with van der Waals surface area (Å²) >= 11 is 3.60. The van der Waals surface area contributed by atoms with E-state index >= 15 is 0 Å². The van der Waals surface area contributed by atoms with Gasteiger partial charge in [0.1, 0.15) is 0 Å². The molecule has 1 aliphatic heterocycles. The number of carbonyl (C=O) groups excluding carboxylic acids is 1. The molecule has 0 saturated carbocycles. The molecule has 1 aliphatic rings. The van der Waals surface area contributed by atoms with Gasteiger partial charge in [0, 0.05) is 7.05 Å². The van der Waals surface area contributed by atoms with Gasteiger partial charge >= 0.3 is 0 Å². The van der Waals surface area contributed by atoms with Crippen LogP contribution < -0.4 is 5.32 Å². The van der Waals surface area contributed by atoms with E-state index in [2.05, 4.69) is 40.2 Å². The molecule has 1 N–H and O–H groups in total. The fraction of sp³-hybridized carbons (Fsp3) is 0.733. The Morgan fingerprint density at radius 2 is 2.25 bits per heavy atom. The number of nitrogens with zero attached hydrogens (tertiary/aromatic N) is 2. The topological polar surface area (TPSA) is 46.9 Å². The van der Waals surface area contributed by atoms with Gasteiger partial charge in [0.25, 0.3) is 0 Å². The van der Waals surface area contributed by atoms with Crippen molar-refractivity contribution in [1.29, 1.82) is 0 Å². The Labute approximate surface area is 129 Å². The molecule has 1 atom stereocenters. The van der Waals surface area contributed by atoms with Crippen molar-refractivity contribution in [2.45, 2.75) is 57.9 Å². The van der Waals surface area contributed by atoms with Gasteiger partial charge in [-0.05, 0) is 48.2 Å². The first-order valence-electron chi connectivity index (χ1n) is 7.52. The zero-order valence-electron chi connectivity index (χ0n) is 12.6. The van der Waals surface area contributed by atoms with Crippen LogP contribution >= 0.6 is 15.9 Å². The van der Waals surface area contributed by atoms with Gasteiger partial charge in [0.05, 0.1) is 27.8 Å². The van der Waals surface area contributed by atoms with Crippen molar-refractivity contribution in [3.05, 3.63) is 15.9 Å². The quantitative estimate of drug-likeness (QED) is 0.865. The molecule has 2 rings (SSSR count). The molecule has 5 heteroatoms. The van der Waals surface area contributed by atoms with Crippen LogP contribution in [0.15, 0.2) is 4.47 Å². The van der Waals surface area contributed by atoms with Crippen LogP contribution in [0.5, 0.6) is 0 Å². The summed E-state index contributed by atoms with van der Waals surface area (Å²) in [5, 5.41) is 7.93. The molecular weight excluding hydrogens is 318 g/mol. The van der Waals surface area contributed by atoms with Crippen molar-refractivity contribution in [3.63, 3.8) is 0 Å². The van der Waals surface area contributed by atoms with Crippen LogP contribution in [0.25, 0.3) is 0 Å². The highest BCUT2D eigenvalue weighted by atomic mass is 79.9.